The normalized spacial score (nSPS) is 12.8. The number of aliphatic carboxylic acids is 1. The van der Waals surface area contributed by atoms with Gasteiger partial charge in [0.25, 0.3) is 0 Å². The van der Waals surface area contributed by atoms with Gasteiger partial charge < -0.3 is 10.4 Å². The fourth-order valence-electron chi connectivity index (χ4n) is 1.43. The van der Waals surface area contributed by atoms with Crippen LogP contribution in [0.25, 0.3) is 0 Å². The molecule has 0 aliphatic heterocycles. The molecule has 0 bridgehead atoms. The Morgan fingerprint density at radius 2 is 2.06 bits per heavy atom. The van der Waals surface area contributed by atoms with Crippen molar-refractivity contribution >= 4 is 11.7 Å². The van der Waals surface area contributed by atoms with E-state index in [0.717, 1.165) is 6.07 Å². The molecule has 2 N–H and O–H groups in total. The minimum absolute atomic E-state index is 0.0293. The van der Waals surface area contributed by atoms with Crippen LogP contribution in [0.15, 0.2) is 36.9 Å². The van der Waals surface area contributed by atoms with Gasteiger partial charge in [0.15, 0.2) is 0 Å². The third-order valence-electron chi connectivity index (χ3n) is 2.26. The summed E-state index contributed by atoms with van der Waals surface area (Å²) in [5.74, 6) is -1.23. The molecule has 1 atom stereocenters. The Balaban J connectivity index is 3.03. The van der Waals surface area contributed by atoms with Gasteiger partial charge >= 0.3 is 12.1 Å². The van der Waals surface area contributed by atoms with Gasteiger partial charge in [-0.15, -0.1) is 6.58 Å². The lowest BCUT2D eigenvalue weighted by Gasteiger charge is -2.18. The van der Waals surface area contributed by atoms with E-state index in [-0.39, 0.29) is 12.1 Å². The molecule has 0 heterocycles. The summed E-state index contributed by atoms with van der Waals surface area (Å²) in [5, 5.41) is 11.2. The van der Waals surface area contributed by atoms with Crippen LogP contribution < -0.4 is 5.32 Å². The molecule has 1 aromatic rings. The van der Waals surface area contributed by atoms with Crippen molar-refractivity contribution in [2.75, 3.05) is 5.32 Å². The quantitative estimate of drug-likeness (QED) is 0.798. The molecule has 0 aliphatic carbocycles. The largest absolute Gasteiger partial charge is 0.480 e. The minimum atomic E-state index is -4.53. The van der Waals surface area contributed by atoms with E-state index in [1.165, 1.54) is 24.3 Å². The van der Waals surface area contributed by atoms with Gasteiger partial charge in [0, 0.05) is 5.69 Å². The van der Waals surface area contributed by atoms with Gasteiger partial charge in [-0.3, -0.25) is 0 Å². The third kappa shape index (κ3) is 3.51. The number of anilines is 1. The number of alkyl halides is 3. The molecule has 6 heteroatoms. The summed E-state index contributed by atoms with van der Waals surface area (Å²) in [5.41, 5.74) is -1.14. The number of para-hydroxylation sites is 1. The maximum Gasteiger partial charge on any atom is 0.418 e. The van der Waals surface area contributed by atoms with Crippen molar-refractivity contribution in [2.45, 2.75) is 18.6 Å². The zero-order chi connectivity index (χ0) is 13.8. The molecule has 0 aliphatic rings. The van der Waals surface area contributed by atoms with Crippen LogP contribution in [0.5, 0.6) is 0 Å². The number of carboxylic acids is 1. The van der Waals surface area contributed by atoms with Crippen molar-refractivity contribution in [2.24, 2.45) is 0 Å². The maximum atomic E-state index is 12.7. The fourth-order valence-corrected chi connectivity index (χ4v) is 1.43. The van der Waals surface area contributed by atoms with Gasteiger partial charge in [-0.25, -0.2) is 4.79 Å². The summed E-state index contributed by atoms with van der Waals surface area (Å²) in [7, 11) is 0. The molecular weight excluding hydrogens is 247 g/mol. The lowest BCUT2D eigenvalue weighted by molar-refractivity contribution is -0.139. The average molecular weight is 259 g/mol. The molecule has 1 rings (SSSR count). The first-order valence-electron chi connectivity index (χ1n) is 5.12. The number of benzene rings is 1. The van der Waals surface area contributed by atoms with Crippen LogP contribution in [0.2, 0.25) is 0 Å². The first-order valence-corrected chi connectivity index (χ1v) is 5.12. The summed E-state index contributed by atoms with van der Waals surface area (Å²) in [4.78, 5) is 10.9. The van der Waals surface area contributed by atoms with Crippen molar-refractivity contribution in [3.8, 4) is 0 Å². The van der Waals surface area contributed by atoms with Crippen molar-refractivity contribution in [3.05, 3.63) is 42.5 Å². The fraction of sp³-hybridized carbons (Fsp3) is 0.250. The summed E-state index contributed by atoms with van der Waals surface area (Å²) in [6.45, 7) is 3.37. The van der Waals surface area contributed by atoms with Crippen molar-refractivity contribution in [1.29, 1.82) is 0 Å². The van der Waals surface area contributed by atoms with Gasteiger partial charge in [0.05, 0.1) is 5.56 Å². The Morgan fingerprint density at radius 1 is 1.44 bits per heavy atom. The van der Waals surface area contributed by atoms with E-state index >= 15 is 0 Å². The number of carbonyl (C=O) groups is 1. The Labute approximate surface area is 102 Å². The second-order valence-electron chi connectivity index (χ2n) is 3.60. The van der Waals surface area contributed by atoms with Gasteiger partial charge in [-0.05, 0) is 18.6 Å². The average Bonchev–Trinajstić information content (AvgIpc) is 2.27. The van der Waals surface area contributed by atoms with E-state index in [9.17, 15) is 18.0 Å². The highest BCUT2D eigenvalue weighted by Gasteiger charge is 2.34. The van der Waals surface area contributed by atoms with Crippen molar-refractivity contribution < 1.29 is 23.1 Å². The number of hydrogen-bond donors (Lipinski definition) is 2. The zero-order valence-corrected chi connectivity index (χ0v) is 9.37. The van der Waals surface area contributed by atoms with E-state index < -0.39 is 23.8 Å². The number of hydrogen-bond acceptors (Lipinski definition) is 2. The van der Waals surface area contributed by atoms with E-state index in [0.29, 0.717) is 0 Å². The van der Waals surface area contributed by atoms with Gasteiger partial charge in [0.2, 0.25) is 0 Å². The van der Waals surface area contributed by atoms with Crippen LogP contribution >= 0.6 is 0 Å². The third-order valence-corrected chi connectivity index (χ3v) is 2.26. The minimum Gasteiger partial charge on any atom is -0.480 e. The summed E-state index contributed by atoms with van der Waals surface area (Å²) < 4.78 is 38.0. The topological polar surface area (TPSA) is 49.3 Å². The second kappa shape index (κ2) is 5.57. The van der Waals surface area contributed by atoms with Crippen LogP contribution in [0.4, 0.5) is 18.9 Å². The highest BCUT2D eigenvalue weighted by Crippen LogP contribution is 2.34. The highest BCUT2D eigenvalue weighted by atomic mass is 19.4. The molecule has 1 aromatic carbocycles. The van der Waals surface area contributed by atoms with Crippen molar-refractivity contribution in [1.82, 2.24) is 0 Å². The molecule has 0 radical (unpaired) electrons. The van der Waals surface area contributed by atoms with Crippen LogP contribution in [0.1, 0.15) is 12.0 Å². The number of halogens is 3. The Kier molecular flexibility index (Phi) is 4.36. The van der Waals surface area contributed by atoms with Gasteiger partial charge in [-0.2, -0.15) is 13.2 Å². The Morgan fingerprint density at radius 3 is 2.56 bits per heavy atom. The first-order chi connectivity index (χ1) is 8.36. The van der Waals surface area contributed by atoms with E-state index in [4.69, 9.17) is 5.11 Å². The molecule has 0 fully saturated rings. The summed E-state index contributed by atoms with van der Waals surface area (Å²) in [6.07, 6.45) is -3.16. The number of rotatable bonds is 5. The molecule has 0 spiro atoms. The van der Waals surface area contributed by atoms with Crippen LogP contribution in [-0.4, -0.2) is 17.1 Å². The van der Waals surface area contributed by atoms with E-state index in [1.807, 2.05) is 0 Å². The smallest absolute Gasteiger partial charge is 0.418 e. The maximum absolute atomic E-state index is 12.7. The molecule has 0 amide bonds. The first kappa shape index (κ1) is 14.1. The Bertz CT molecular complexity index is 443. The highest BCUT2D eigenvalue weighted by molar-refractivity contribution is 5.78. The molecule has 3 nitrogen and oxygen atoms in total. The zero-order valence-electron chi connectivity index (χ0n) is 9.37. The molecule has 1 unspecified atom stereocenters. The lowest BCUT2D eigenvalue weighted by atomic mass is 10.1. The molecule has 0 saturated heterocycles. The van der Waals surface area contributed by atoms with E-state index in [2.05, 4.69) is 11.9 Å². The number of nitrogens with one attached hydrogen (secondary N) is 1. The number of carboxylic acid groups (broad SMARTS) is 1. The second-order valence-corrected chi connectivity index (χ2v) is 3.60. The predicted octanol–water partition coefficient (Wildman–Crippen LogP) is 3.15. The van der Waals surface area contributed by atoms with Crippen molar-refractivity contribution in [3.63, 3.8) is 0 Å². The van der Waals surface area contributed by atoms with Crippen LogP contribution in [0.3, 0.4) is 0 Å². The standard InChI is InChI=1S/C12H12F3NO2/c1-2-5-10(11(17)18)16-9-7-4-3-6-8(9)12(13,14)15/h2-4,6-7,10,16H,1,5H2,(H,17,18). The molecule has 0 aromatic heterocycles. The van der Waals surface area contributed by atoms with E-state index in [1.54, 1.807) is 0 Å². The molecule has 98 valence electrons. The molecule has 18 heavy (non-hydrogen) atoms. The van der Waals surface area contributed by atoms with Crippen LogP contribution in [0, 0.1) is 0 Å². The summed E-state index contributed by atoms with van der Waals surface area (Å²) >= 11 is 0. The predicted molar refractivity (Wildman–Crippen MR) is 61.3 cm³/mol. The monoisotopic (exact) mass is 259 g/mol. The Hall–Kier alpha value is -1.98. The SMILES string of the molecule is C=CCC(Nc1ccccc1C(F)(F)F)C(=O)O. The van der Waals surface area contributed by atoms with Crippen LogP contribution in [-0.2, 0) is 11.0 Å². The molecule has 0 saturated carbocycles. The van der Waals surface area contributed by atoms with Gasteiger partial charge in [-0.1, -0.05) is 18.2 Å². The molecular formula is C12H12F3NO2. The summed E-state index contributed by atoms with van der Waals surface area (Å²) in [6, 6.07) is 3.62. The van der Waals surface area contributed by atoms with Gasteiger partial charge in [0.1, 0.15) is 6.04 Å². The lowest BCUT2D eigenvalue weighted by Crippen LogP contribution is -2.29.